The lowest BCUT2D eigenvalue weighted by atomic mass is 10.1. The van der Waals surface area contributed by atoms with Gasteiger partial charge in [-0.25, -0.2) is 64.2 Å². The number of nitrogens with zero attached hydrogens (tertiary/aromatic N) is 16. The van der Waals surface area contributed by atoms with Gasteiger partial charge in [-0.05, 0) is 13.0 Å². The molecule has 6 aliphatic rings. The number of aryl methyl sites for hydroxylation is 5. The first-order valence-electron chi connectivity index (χ1n) is 26.8. The number of carbonyl (C=O) groups excluding carboxylic acids is 3. The number of fused-ring (bicyclic) bond motifs is 7. The molecule has 10 aromatic heterocycles. The molecule has 0 spiro atoms. The van der Waals surface area contributed by atoms with Gasteiger partial charge in [0, 0.05) is 66.7 Å². The third-order valence-electron chi connectivity index (χ3n) is 13.4. The van der Waals surface area contributed by atoms with E-state index in [1.165, 1.54) is 35.2 Å². The van der Waals surface area contributed by atoms with Crippen molar-refractivity contribution in [3.05, 3.63) is 170 Å². The third kappa shape index (κ3) is 14.5. The number of aromatic nitrogens is 19. The quantitative estimate of drug-likeness (QED) is 0.0706. The van der Waals surface area contributed by atoms with Gasteiger partial charge >= 0.3 is 17.1 Å². The zero-order valence-electron chi connectivity index (χ0n) is 49.4. The van der Waals surface area contributed by atoms with Gasteiger partial charge in [-0.3, -0.25) is 67.2 Å². The van der Waals surface area contributed by atoms with Crippen LogP contribution in [0.3, 0.4) is 0 Å². The van der Waals surface area contributed by atoms with E-state index < -0.39 is 16.9 Å². The van der Waals surface area contributed by atoms with Gasteiger partial charge in [-0.1, -0.05) is 20.6 Å². The van der Waals surface area contributed by atoms with Crippen molar-refractivity contribution in [3.8, 4) is 0 Å². The molecule has 16 N–H and O–H groups in total. The summed E-state index contributed by atoms with van der Waals surface area (Å²) in [6.45, 7) is 8.85. The number of aromatic amines is 7. The lowest BCUT2D eigenvalue weighted by Crippen LogP contribution is -2.41. The predicted octanol–water partition coefficient (Wildman–Crippen LogP) is -3.34. The molecule has 16 rings (SSSR count). The van der Waals surface area contributed by atoms with Crippen LogP contribution in [-0.4, -0.2) is 147 Å². The van der Waals surface area contributed by atoms with Crippen LogP contribution in [-0.2, 0) is 56.0 Å². The van der Waals surface area contributed by atoms with Crippen LogP contribution in [0.25, 0.3) is 44.7 Å². The van der Waals surface area contributed by atoms with Gasteiger partial charge in [0.15, 0.2) is 62.7 Å². The van der Waals surface area contributed by atoms with Crippen molar-refractivity contribution in [2.75, 3.05) is 11.1 Å². The van der Waals surface area contributed by atoms with Gasteiger partial charge < -0.3 is 67.1 Å². The molecule has 93 heavy (non-hydrogen) atoms. The number of imidazole rings is 5. The Morgan fingerprint density at radius 2 is 1.34 bits per heavy atom. The minimum absolute atomic E-state index is 0. The number of Topliss-reactive ketones (excluding diaryl/α,β-unsaturated/α-hetero) is 1. The number of carbonyl (C=O) groups is 3. The van der Waals surface area contributed by atoms with Crippen molar-refractivity contribution in [2.24, 2.45) is 60.9 Å². The highest BCUT2D eigenvalue weighted by atomic mass is 16.2. The van der Waals surface area contributed by atoms with E-state index in [-0.39, 0.29) is 66.0 Å². The maximum absolute atomic E-state index is 11.7. The molecule has 0 aliphatic carbocycles. The van der Waals surface area contributed by atoms with Crippen LogP contribution in [0.5, 0.6) is 0 Å². The molecular weight excluding hydrogens is 1220 g/mol. The maximum atomic E-state index is 11.7. The van der Waals surface area contributed by atoms with E-state index in [4.69, 9.17) is 11.5 Å². The van der Waals surface area contributed by atoms with Crippen molar-refractivity contribution >= 4 is 104 Å². The number of nitrogens with two attached hydrogens (primary N) is 2. The second-order valence-electron chi connectivity index (χ2n) is 19.8. The molecule has 0 aromatic carbocycles. The molecule has 10 aromatic rings. The Balaban J connectivity index is 0.000000137. The second kappa shape index (κ2) is 27.8. The molecule has 2 unspecified atom stereocenters. The number of amides is 2. The number of amidine groups is 1. The van der Waals surface area contributed by atoms with Gasteiger partial charge in [0.25, 0.3) is 28.1 Å². The van der Waals surface area contributed by atoms with Gasteiger partial charge in [0.2, 0.25) is 5.91 Å². The Labute approximate surface area is 518 Å². The molecule has 40 heteroatoms. The van der Waals surface area contributed by atoms with E-state index in [0.717, 1.165) is 15.8 Å². The monoisotopic (exact) mass is 1280 g/mol. The van der Waals surface area contributed by atoms with Crippen LogP contribution in [0, 0.1) is 6.92 Å². The van der Waals surface area contributed by atoms with Crippen LogP contribution >= 0.6 is 0 Å². The highest BCUT2D eigenvalue weighted by molar-refractivity contribution is 6.04. The van der Waals surface area contributed by atoms with Gasteiger partial charge in [-0.15, -0.1) is 0 Å². The van der Waals surface area contributed by atoms with Crippen molar-refractivity contribution in [1.82, 2.24) is 114 Å². The molecule has 16 heterocycles. The molecule has 0 saturated carbocycles. The van der Waals surface area contributed by atoms with E-state index in [2.05, 4.69) is 129 Å². The van der Waals surface area contributed by atoms with E-state index in [0.29, 0.717) is 110 Å². The summed E-state index contributed by atoms with van der Waals surface area (Å²) in [5.74, 6) is 3.19. The van der Waals surface area contributed by atoms with Gasteiger partial charge in [0.1, 0.15) is 46.4 Å². The molecule has 0 radical (unpaired) electrons. The maximum Gasteiger partial charge on any atom is 0.332 e. The molecule has 0 bridgehead atoms. The first-order valence-corrected chi connectivity index (χ1v) is 26.8. The normalized spacial score (nSPS) is 15.6. The molecule has 482 valence electrons. The van der Waals surface area contributed by atoms with Gasteiger partial charge in [0.05, 0.1) is 61.2 Å². The minimum Gasteiger partial charge on any atom is -0.397 e. The zero-order valence-corrected chi connectivity index (χ0v) is 49.4. The number of anilines is 2. The van der Waals surface area contributed by atoms with Crippen LogP contribution < -0.4 is 77.4 Å². The Bertz CT molecular complexity index is 5200. The third-order valence-corrected chi connectivity index (χ3v) is 13.4. The molecule has 2 amide bonds. The first kappa shape index (κ1) is 65.6. The smallest absolute Gasteiger partial charge is 0.332 e. The number of aliphatic imine (C=N–C) groups is 4. The molecule has 0 saturated heterocycles. The lowest BCUT2D eigenvalue weighted by Gasteiger charge is -2.17. The van der Waals surface area contributed by atoms with Crippen LogP contribution in [0.15, 0.2) is 134 Å². The number of hydrogen-bond acceptors (Lipinski definition) is 26. The van der Waals surface area contributed by atoms with E-state index in [1.807, 2.05) is 0 Å². The number of ketones is 1. The van der Waals surface area contributed by atoms with E-state index in [1.54, 1.807) is 87.9 Å². The summed E-state index contributed by atoms with van der Waals surface area (Å²) in [5.41, 5.74) is 15.0. The number of pyridine rings is 1. The second-order valence-corrected chi connectivity index (χ2v) is 19.8. The van der Waals surface area contributed by atoms with Crippen molar-refractivity contribution in [3.63, 3.8) is 0 Å². The topological polar surface area (TPSA) is 558 Å². The Kier molecular flexibility index (Phi) is 19.6. The zero-order chi connectivity index (χ0) is 66.2. The van der Waals surface area contributed by atoms with Crippen molar-refractivity contribution in [2.45, 2.75) is 45.8 Å². The molecule has 6 aliphatic heterocycles. The molecular formula is C53H60N30O10. The van der Waals surface area contributed by atoms with Gasteiger partial charge in [-0.2, -0.15) is 0 Å². The summed E-state index contributed by atoms with van der Waals surface area (Å²) < 4.78 is 6.92. The largest absolute Gasteiger partial charge is 0.397 e. The van der Waals surface area contributed by atoms with Crippen LogP contribution in [0.4, 0.5) is 17.3 Å². The van der Waals surface area contributed by atoms with E-state index in [9.17, 15) is 47.9 Å². The van der Waals surface area contributed by atoms with Crippen molar-refractivity contribution < 1.29 is 14.4 Å². The highest BCUT2D eigenvalue weighted by Gasteiger charge is 2.32. The Hall–Kier alpha value is -13.3. The fourth-order valence-corrected chi connectivity index (χ4v) is 8.87. The predicted molar refractivity (Wildman–Crippen MR) is 341 cm³/mol. The minimum atomic E-state index is -0.507. The summed E-state index contributed by atoms with van der Waals surface area (Å²) in [4.78, 5) is 173. The SMILES string of the molecule is C.C=C1N=C(N)c2[nH]cnc2N1.C=C1NC(=O)C2=C(N1)NC(=O)C2.Cc1nc2nc[nH]c2c(=O)[nH]1.Cn1c(=O)c2c(ncn2C)n(C)c1=O.Cn1cnc2c1c(=O)[nH]c(=O)n2C.Nc1ccnc2nc[nH]c12.O=C1CC=NC2N=CNC12.O=c1[nH]c2c(c(=O)[nH]1)CC=N2. The first-order chi connectivity index (χ1) is 43.9. The average molecular weight is 1280 g/mol. The summed E-state index contributed by atoms with van der Waals surface area (Å²) in [6, 6.07) is 1.56. The van der Waals surface area contributed by atoms with Crippen LogP contribution in [0.2, 0.25) is 0 Å². The number of hydrogen-bond donors (Lipinski definition) is 14. The Morgan fingerprint density at radius 1 is 0.656 bits per heavy atom. The number of nitrogens with one attached hydrogen (secondary N) is 12. The lowest BCUT2D eigenvalue weighted by molar-refractivity contribution is -0.121. The number of H-pyrrole nitrogens is 7. The van der Waals surface area contributed by atoms with Crippen LogP contribution in [0.1, 0.15) is 37.4 Å². The highest BCUT2D eigenvalue weighted by Crippen LogP contribution is 2.19. The van der Waals surface area contributed by atoms with E-state index >= 15 is 0 Å². The summed E-state index contributed by atoms with van der Waals surface area (Å²) >= 11 is 0. The molecule has 40 nitrogen and oxygen atoms in total. The molecule has 0 fully saturated rings. The standard InChI is InChI=1S/C8H10N4O2.C7H8N4O2.C7H7N3O2.C6H7N5.C6H6N4O.C6H6N4.C6H5N3O2.C6H7N3O.CH4/c1-10-4-9-6-5(10)7(13)12(3)8(14)11(6)2;1-10-3-8-5-4(10)6(12)9-7(13)11(5)2;1-3-8-6-4(7(12)9-3)2-5(11)10-6;1-3-10-5(7)4-6(11-3)9-2-8-4;1-3-9-5-4(6(11)10-3)7-2-8-5;7-4-1-2-8-6-5(4)9-3-10-6;10-5-3-1-2-7-4(3)8-6(11)9-5;10-4-1-2-7-6-5(4)8-3-9-6;/h4H,1-3H3;3H,1-2H3,(H,9,12,13);8H,1-2H2,(H,9,12)(H,10,11);2,11H,1H2,(H2,7,10)(H,8,9);2H,1H3,(H2,7,8,9,10,11);1-3H,(H3,7,8,9,10);2H,1H2,(H2,8,9,10,11);2-3,5-6H,1H2,(H,8,9);1H4. The Morgan fingerprint density at radius 3 is 2.06 bits per heavy atom. The van der Waals surface area contributed by atoms with Crippen molar-refractivity contribution in [1.29, 1.82) is 0 Å². The summed E-state index contributed by atoms with van der Waals surface area (Å²) in [5, 5.41) is 13.5. The fourth-order valence-electron chi connectivity index (χ4n) is 8.87. The molecule has 2 atom stereocenters. The number of nitrogen functional groups attached to an aromatic ring is 1. The summed E-state index contributed by atoms with van der Waals surface area (Å²) in [7, 11) is 8.04. The number of rotatable bonds is 0. The fraction of sp³-hybridized carbons (Fsp3) is 0.226. The average Bonchev–Trinajstić information content (AvgIpc) is 1.70. The summed E-state index contributed by atoms with van der Waals surface area (Å²) in [6.07, 6.45) is 14.9.